The topological polar surface area (TPSA) is 164 Å². The number of rotatable bonds is 4. The van der Waals surface area contributed by atoms with Gasteiger partial charge in [-0.25, -0.2) is 4.98 Å². The van der Waals surface area contributed by atoms with Crippen LogP contribution in [0.2, 0.25) is 0 Å². The van der Waals surface area contributed by atoms with Gasteiger partial charge in [-0.2, -0.15) is 5.26 Å². The zero-order valence-electron chi connectivity index (χ0n) is 23.8. The molecule has 1 heterocycles. The van der Waals surface area contributed by atoms with Gasteiger partial charge in [-0.3, -0.25) is 14.5 Å². The summed E-state index contributed by atoms with van der Waals surface area (Å²) in [4.78, 5) is 34.7. The molecule has 5 N–H and O–H groups in total. The van der Waals surface area contributed by atoms with Crippen LogP contribution in [0.15, 0.2) is 64.9 Å². The number of aromatic nitrogens is 1. The number of hydrogen-bond donors (Lipinski definition) is 4. The van der Waals surface area contributed by atoms with E-state index >= 15 is 0 Å². The first kappa shape index (κ1) is 29.1. The fourth-order valence-electron chi connectivity index (χ4n) is 6.89. The Kier molecular flexibility index (Phi) is 7.03. The Bertz CT molecular complexity index is 1710. The average Bonchev–Trinajstić information content (AvgIpc) is 2.93. The van der Waals surface area contributed by atoms with Crippen LogP contribution in [-0.2, 0) is 11.2 Å². The monoisotopic (exact) mass is 585 g/mol. The van der Waals surface area contributed by atoms with Crippen molar-refractivity contribution < 1.29 is 24.9 Å². The van der Waals surface area contributed by atoms with Crippen molar-refractivity contribution in [2.75, 3.05) is 33.1 Å². The highest BCUT2D eigenvalue weighted by Crippen LogP contribution is 2.59. The van der Waals surface area contributed by atoms with E-state index in [-0.39, 0.29) is 45.2 Å². The molecule has 3 aliphatic carbocycles. The fraction of sp³-hybridized carbons (Fsp3) is 0.323. The predicted molar refractivity (Wildman–Crippen MR) is 161 cm³/mol. The van der Waals surface area contributed by atoms with Crippen molar-refractivity contribution in [3.05, 3.63) is 81.8 Å². The number of primary amides is 1. The van der Waals surface area contributed by atoms with Crippen molar-refractivity contribution in [2.45, 2.75) is 24.0 Å². The molecule has 1 unspecified atom stereocenters. The van der Waals surface area contributed by atoms with Crippen LogP contribution in [-0.4, -0.2) is 76.3 Å². The number of phenols is 1. The molecule has 10 nitrogen and oxygen atoms in total. The molecule has 2 aromatic rings. The molecule has 5 rings (SSSR count). The molecule has 42 heavy (non-hydrogen) atoms. The van der Waals surface area contributed by atoms with Crippen molar-refractivity contribution in [2.24, 2.45) is 17.6 Å². The molecular weight excluding hydrogens is 553 g/mol. The minimum atomic E-state index is -1.40. The zero-order valence-corrected chi connectivity index (χ0v) is 24.9. The molecule has 5 atom stereocenters. The van der Waals surface area contributed by atoms with E-state index in [1.807, 2.05) is 25.1 Å². The standard InChI is InChI=1S/C31H32N5O5P/c1-6-19-24(30(33)41)28(39)25(36(4)5)20-10-15-9-18-21(35(2)3)11-17(14-7-8-16(12-32)34-13-14)26(37)23(18)27(38)22(15)29(40)31(19,20)42/h7-8,11,13,15,20,25,37,39-40H,1,9-10,42H2,2-5H3,(H2,33,41)/t15-,20-,25-,31-/m0/s1. The van der Waals surface area contributed by atoms with E-state index in [0.717, 1.165) is 5.69 Å². The zero-order chi connectivity index (χ0) is 30.8. The van der Waals surface area contributed by atoms with Crippen LogP contribution in [0.1, 0.15) is 28.0 Å². The second kappa shape index (κ2) is 10.1. The number of pyridine rings is 1. The van der Waals surface area contributed by atoms with Gasteiger partial charge >= 0.3 is 0 Å². The minimum Gasteiger partial charge on any atom is -0.511 e. The van der Waals surface area contributed by atoms with E-state index in [1.165, 1.54) is 12.3 Å². The van der Waals surface area contributed by atoms with Crippen LogP contribution >= 0.6 is 9.24 Å². The first-order chi connectivity index (χ1) is 19.8. The van der Waals surface area contributed by atoms with Gasteiger partial charge in [0.05, 0.1) is 22.3 Å². The summed E-state index contributed by atoms with van der Waals surface area (Å²) >= 11 is 0. The van der Waals surface area contributed by atoms with Crippen molar-refractivity contribution in [1.29, 1.82) is 5.26 Å². The van der Waals surface area contributed by atoms with Gasteiger partial charge in [0.15, 0.2) is 5.78 Å². The molecule has 1 amide bonds. The van der Waals surface area contributed by atoms with Gasteiger partial charge in [-0.1, -0.05) is 6.58 Å². The third kappa shape index (κ3) is 3.97. The molecule has 0 spiro atoms. The van der Waals surface area contributed by atoms with E-state index in [9.17, 15) is 24.9 Å². The van der Waals surface area contributed by atoms with Gasteiger partial charge in [0.2, 0.25) is 0 Å². The highest BCUT2D eigenvalue weighted by molar-refractivity contribution is 7.20. The minimum absolute atomic E-state index is 0.0722. The van der Waals surface area contributed by atoms with Gasteiger partial charge in [-0.05, 0) is 56.6 Å². The van der Waals surface area contributed by atoms with Gasteiger partial charge in [-0.15, -0.1) is 15.0 Å². The Balaban J connectivity index is 1.77. The SMILES string of the molecule is C=C=C1C(C(N)=O)=C(O)[C@@H](N(C)C)[C@@H]2C[C@@H]3Cc4c(N(C)C)cc(-c5ccc(C#N)nc5)c(O)c4C(=O)C3=C(O)[C@]12P. The second-order valence-corrected chi connectivity index (χ2v) is 12.3. The van der Waals surface area contributed by atoms with E-state index in [2.05, 4.69) is 26.5 Å². The lowest BCUT2D eigenvalue weighted by Gasteiger charge is -2.53. The first-order valence-corrected chi connectivity index (χ1v) is 13.9. The maximum Gasteiger partial charge on any atom is 0.253 e. The first-order valence-electron chi connectivity index (χ1n) is 13.3. The van der Waals surface area contributed by atoms with Crippen LogP contribution < -0.4 is 10.6 Å². The number of ketones is 1. The lowest BCUT2D eigenvalue weighted by molar-refractivity contribution is -0.114. The molecule has 11 heteroatoms. The quantitative estimate of drug-likeness (QED) is 0.312. The summed E-state index contributed by atoms with van der Waals surface area (Å²) in [5.41, 5.74) is 10.9. The lowest BCUT2D eigenvalue weighted by Crippen LogP contribution is -2.57. The molecule has 0 radical (unpaired) electrons. The number of allylic oxidation sites excluding steroid dienone is 2. The van der Waals surface area contributed by atoms with Gasteiger partial charge in [0.25, 0.3) is 5.91 Å². The number of aromatic hydroxyl groups is 1. The number of anilines is 1. The molecule has 0 aliphatic heterocycles. The largest absolute Gasteiger partial charge is 0.511 e. The summed E-state index contributed by atoms with van der Waals surface area (Å²) in [6, 6.07) is 6.24. The molecule has 1 aromatic heterocycles. The summed E-state index contributed by atoms with van der Waals surface area (Å²) in [5.74, 6) is -3.14. The molecule has 0 saturated heterocycles. The molecule has 3 aliphatic rings. The average molecular weight is 586 g/mol. The Labute approximate surface area is 246 Å². The molecular formula is C31H32N5O5P. The number of aliphatic hydroxyl groups is 2. The summed E-state index contributed by atoms with van der Waals surface area (Å²) in [7, 11) is 9.78. The number of benzene rings is 1. The summed E-state index contributed by atoms with van der Waals surface area (Å²) < 4.78 is 0. The molecule has 0 fully saturated rings. The highest BCUT2D eigenvalue weighted by Gasteiger charge is 2.59. The number of fused-ring (bicyclic) bond motifs is 3. The van der Waals surface area contributed by atoms with Crippen molar-refractivity contribution >= 4 is 26.6 Å². The maximum absolute atomic E-state index is 14.4. The molecule has 216 valence electrons. The number of carbonyl (C=O) groups is 2. The summed E-state index contributed by atoms with van der Waals surface area (Å²) in [6.45, 7) is 3.72. The third-order valence-electron chi connectivity index (χ3n) is 8.72. The number of nitriles is 1. The second-order valence-electron chi connectivity index (χ2n) is 11.4. The number of hydrogen-bond acceptors (Lipinski definition) is 9. The van der Waals surface area contributed by atoms with E-state index in [0.29, 0.717) is 29.5 Å². The Morgan fingerprint density at radius 1 is 1.24 bits per heavy atom. The number of Topliss-reactive ketones (excluding diaryl/α,β-unsaturated/α-hetero) is 1. The van der Waals surface area contributed by atoms with Crippen LogP contribution in [0.5, 0.6) is 5.75 Å². The fourth-order valence-corrected chi connectivity index (χ4v) is 7.61. The van der Waals surface area contributed by atoms with Gasteiger partial charge in [0, 0.05) is 54.2 Å². The number of nitrogens with zero attached hydrogens (tertiary/aromatic N) is 4. The smallest absolute Gasteiger partial charge is 0.253 e. The number of aliphatic hydroxyl groups excluding tert-OH is 2. The van der Waals surface area contributed by atoms with Crippen LogP contribution in [0.4, 0.5) is 5.69 Å². The third-order valence-corrected chi connectivity index (χ3v) is 9.71. The number of nitrogens with two attached hydrogens (primary N) is 1. The number of phenolic OH excluding ortho intramolecular Hbond substituents is 1. The van der Waals surface area contributed by atoms with E-state index < -0.39 is 34.7 Å². The predicted octanol–water partition coefficient (Wildman–Crippen LogP) is 3.15. The van der Waals surface area contributed by atoms with Crippen LogP contribution in [0.25, 0.3) is 11.1 Å². The Morgan fingerprint density at radius 3 is 2.45 bits per heavy atom. The van der Waals surface area contributed by atoms with Gasteiger partial charge < -0.3 is 26.0 Å². The number of amides is 1. The normalized spacial score (nSPS) is 24.9. The summed E-state index contributed by atoms with van der Waals surface area (Å²) in [6.07, 6.45) is 2.17. The van der Waals surface area contributed by atoms with E-state index in [1.54, 1.807) is 31.1 Å². The molecule has 0 saturated carbocycles. The van der Waals surface area contributed by atoms with Crippen LogP contribution in [0.3, 0.4) is 0 Å². The lowest BCUT2D eigenvalue weighted by atomic mass is 9.59. The van der Waals surface area contributed by atoms with Gasteiger partial charge in [0.1, 0.15) is 29.0 Å². The molecule has 0 bridgehead atoms. The number of likely N-dealkylation sites (N-methyl/N-ethyl adjacent to an activating group) is 1. The van der Waals surface area contributed by atoms with Crippen molar-refractivity contribution in [3.63, 3.8) is 0 Å². The Morgan fingerprint density at radius 2 is 1.93 bits per heavy atom. The van der Waals surface area contributed by atoms with Crippen molar-refractivity contribution in [3.8, 4) is 22.9 Å². The summed E-state index contributed by atoms with van der Waals surface area (Å²) in [5, 5.41) is 42.5. The highest BCUT2D eigenvalue weighted by atomic mass is 31.0. The molecule has 1 aromatic carbocycles. The maximum atomic E-state index is 14.4. The Hall–Kier alpha value is -4.41. The van der Waals surface area contributed by atoms with Crippen molar-refractivity contribution in [1.82, 2.24) is 9.88 Å². The number of carbonyl (C=O) groups excluding carboxylic acids is 2. The van der Waals surface area contributed by atoms with E-state index in [4.69, 9.17) is 11.0 Å². The van der Waals surface area contributed by atoms with Crippen LogP contribution in [0, 0.1) is 23.2 Å².